The van der Waals surface area contributed by atoms with Gasteiger partial charge in [0.05, 0.1) is 38.3 Å². The fourth-order valence-corrected chi connectivity index (χ4v) is 7.76. The van der Waals surface area contributed by atoms with Gasteiger partial charge in [-0.25, -0.2) is 14.6 Å². The summed E-state index contributed by atoms with van der Waals surface area (Å²) in [7, 11) is 0.599. The number of hydrogen-bond donors (Lipinski definition) is 5. The molecule has 3 aliphatic heterocycles. The van der Waals surface area contributed by atoms with Crippen molar-refractivity contribution in [2.75, 3.05) is 57.8 Å². The average molecular weight is 675 g/mol. The Labute approximate surface area is 274 Å². The largest absolute Gasteiger partial charge is 0.547 e. The number of thiazole rings is 1. The topological polar surface area (TPSA) is 204 Å². The predicted molar refractivity (Wildman–Crippen MR) is 170 cm³/mol. The zero-order chi connectivity index (χ0) is 33.2. The Kier molecular flexibility index (Phi) is 10.1. The molecule has 4 heterocycles. The maximum absolute atomic E-state index is 13.6. The number of carbonyl (C=O) groups excluding carboxylic acids is 4. The molecular formula is C28H37BN7O8S2+. The number of urea groups is 1. The number of benzene rings is 1. The average Bonchev–Trinajstić information content (AvgIpc) is 3.65. The molecule has 1 aromatic heterocycles. The van der Waals surface area contributed by atoms with Gasteiger partial charge in [-0.3, -0.25) is 19.3 Å². The van der Waals surface area contributed by atoms with Gasteiger partial charge in [0.1, 0.15) is 11.3 Å². The molecule has 1 aromatic carbocycles. The van der Waals surface area contributed by atoms with Gasteiger partial charge in [-0.05, 0) is 25.0 Å². The van der Waals surface area contributed by atoms with Crippen molar-refractivity contribution in [3.05, 3.63) is 34.3 Å². The van der Waals surface area contributed by atoms with Crippen LogP contribution in [0.25, 0.3) is 0 Å². The van der Waals surface area contributed by atoms with Crippen LogP contribution in [-0.4, -0.2) is 124 Å². The second-order valence-electron chi connectivity index (χ2n) is 11.7. The molecule has 2 atom stereocenters. The Morgan fingerprint density at radius 2 is 1.98 bits per heavy atom. The van der Waals surface area contributed by atoms with Crippen LogP contribution in [0.4, 0.5) is 9.93 Å². The molecule has 1 unspecified atom stereocenters. The van der Waals surface area contributed by atoms with Crippen molar-refractivity contribution >= 4 is 65.1 Å². The number of carboxylic acid groups (broad SMARTS) is 1. The summed E-state index contributed by atoms with van der Waals surface area (Å²) in [6, 6.07) is 1.04. The molecular weight excluding hydrogens is 637 g/mol. The number of thioether (sulfide) groups is 1. The number of aromatic carboxylic acids is 1. The first-order valence-electron chi connectivity index (χ1n) is 15.0. The van der Waals surface area contributed by atoms with E-state index < -0.39 is 48.8 Å². The second kappa shape index (κ2) is 13.9. The molecule has 246 valence electrons. The number of nitrogens with one attached hydrogen (secondary N) is 2. The molecule has 0 aliphatic carbocycles. The Morgan fingerprint density at radius 3 is 2.63 bits per heavy atom. The van der Waals surface area contributed by atoms with E-state index in [9.17, 15) is 34.1 Å². The Bertz CT molecular complexity index is 1530. The van der Waals surface area contributed by atoms with E-state index in [4.69, 9.17) is 10.4 Å². The van der Waals surface area contributed by atoms with Crippen LogP contribution in [0.1, 0.15) is 47.4 Å². The predicted octanol–water partition coefficient (Wildman–Crippen LogP) is 0.337. The zero-order valence-electron chi connectivity index (χ0n) is 25.6. The highest BCUT2D eigenvalue weighted by Gasteiger charge is 2.42. The second-order valence-corrected chi connectivity index (χ2v) is 13.8. The number of amides is 5. The molecule has 2 saturated heterocycles. The standard InChI is InChI=1S/C28H36BN7O8S2/c1-3-34-8-9-35(25(39)24(34)38)28(42)33-21(17-15-46-27(30)31-17)23(37)32-19-14-16-6-7-18(20(26(40)41)22(16)44-29(19)43)45-13-12-36(2)10-4-5-11-36/h6-7,15,19,21,43H,3-5,8-14H2,1-2H3,(H4-,30,31,32,33,37,40,41,42)/p+1/t19-,21?/m0/s1. The van der Waals surface area contributed by atoms with E-state index in [2.05, 4.69) is 22.7 Å². The Balaban J connectivity index is 1.30. The number of carboxylic acids is 1. The fraction of sp³-hybridized carbons (Fsp3) is 0.500. The van der Waals surface area contributed by atoms with Crippen molar-refractivity contribution in [3.8, 4) is 5.75 Å². The number of fused-ring (bicyclic) bond motifs is 1. The number of hydrogen-bond acceptors (Lipinski definition) is 11. The van der Waals surface area contributed by atoms with Crippen LogP contribution in [0.5, 0.6) is 5.75 Å². The molecule has 15 nitrogen and oxygen atoms in total. The highest BCUT2D eigenvalue weighted by atomic mass is 32.2. The van der Waals surface area contributed by atoms with Crippen molar-refractivity contribution in [3.63, 3.8) is 0 Å². The number of nitrogens with two attached hydrogens (primary N) is 1. The lowest BCUT2D eigenvalue weighted by atomic mass is 9.72. The molecule has 18 heteroatoms. The van der Waals surface area contributed by atoms with Gasteiger partial charge in [-0.15, -0.1) is 23.1 Å². The van der Waals surface area contributed by atoms with Crippen LogP contribution in [0.15, 0.2) is 22.4 Å². The van der Waals surface area contributed by atoms with E-state index in [-0.39, 0.29) is 41.6 Å². The van der Waals surface area contributed by atoms with Crippen LogP contribution in [-0.2, 0) is 20.8 Å². The van der Waals surface area contributed by atoms with Crippen molar-refractivity contribution in [2.45, 2.75) is 43.1 Å². The number of nitrogens with zero attached hydrogens (tertiary/aromatic N) is 4. The summed E-state index contributed by atoms with van der Waals surface area (Å²) >= 11 is 2.47. The molecule has 6 N–H and O–H groups in total. The molecule has 46 heavy (non-hydrogen) atoms. The number of nitrogen functional groups attached to an aromatic ring is 1. The number of piperazine rings is 1. The Hall–Kier alpha value is -3.87. The summed E-state index contributed by atoms with van der Waals surface area (Å²) in [5, 5.41) is 27.7. The quantitative estimate of drug-likeness (QED) is 0.101. The van der Waals surface area contributed by atoms with Crippen molar-refractivity contribution in [1.82, 2.24) is 25.4 Å². The van der Waals surface area contributed by atoms with Crippen molar-refractivity contribution < 1.29 is 43.2 Å². The number of likely N-dealkylation sites (N-methyl/N-ethyl adjacent to an activating group) is 1. The highest BCUT2D eigenvalue weighted by molar-refractivity contribution is 7.99. The minimum absolute atomic E-state index is 0.0360. The number of imide groups is 1. The van der Waals surface area contributed by atoms with Crippen LogP contribution in [0.3, 0.4) is 0 Å². The highest BCUT2D eigenvalue weighted by Crippen LogP contribution is 2.37. The third kappa shape index (κ3) is 7.09. The SMILES string of the molecule is CCN1CCN(C(=O)NC(C(=O)N[C@H]2Cc3ccc(SCC[N+]4(C)CCCC4)c(C(=O)O)c3OB2O)c2csc(N)n2)C(=O)C1=O. The van der Waals surface area contributed by atoms with Crippen LogP contribution < -0.4 is 21.0 Å². The minimum Gasteiger partial charge on any atom is -0.534 e. The molecule has 3 aliphatic rings. The first-order valence-corrected chi connectivity index (χ1v) is 16.9. The van der Waals surface area contributed by atoms with E-state index in [0.29, 0.717) is 17.0 Å². The lowest BCUT2D eigenvalue weighted by Crippen LogP contribution is -2.60. The minimum atomic E-state index is -1.61. The molecule has 5 amide bonds. The summed E-state index contributed by atoms with van der Waals surface area (Å²) in [6.45, 7) is 5.23. The number of carbonyl (C=O) groups is 5. The maximum Gasteiger partial charge on any atom is 0.547 e. The van der Waals surface area contributed by atoms with E-state index in [1.54, 1.807) is 19.1 Å². The van der Waals surface area contributed by atoms with Gasteiger partial charge in [0, 0.05) is 48.5 Å². The molecule has 5 rings (SSSR count). The van der Waals surface area contributed by atoms with Gasteiger partial charge < -0.3 is 40.5 Å². The molecule has 0 radical (unpaired) electrons. The van der Waals surface area contributed by atoms with Crippen molar-refractivity contribution in [2.24, 2.45) is 0 Å². The van der Waals surface area contributed by atoms with Gasteiger partial charge in [-0.2, -0.15) is 0 Å². The molecule has 0 bridgehead atoms. The number of quaternary nitrogens is 1. The van der Waals surface area contributed by atoms with Crippen LogP contribution in [0.2, 0.25) is 0 Å². The van der Waals surface area contributed by atoms with Crippen molar-refractivity contribution in [1.29, 1.82) is 0 Å². The summed E-state index contributed by atoms with van der Waals surface area (Å²) in [6.07, 6.45) is 2.41. The van der Waals surface area contributed by atoms with Gasteiger partial charge in [-0.1, -0.05) is 6.07 Å². The number of likely N-dealkylation sites (tertiary alicyclic amines) is 1. The van der Waals surface area contributed by atoms with Gasteiger partial charge in [0.25, 0.3) is 0 Å². The summed E-state index contributed by atoms with van der Waals surface area (Å²) in [5.74, 6) is -4.08. The lowest BCUT2D eigenvalue weighted by molar-refractivity contribution is -0.895. The zero-order valence-corrected chi connectivity index (χ0v) is 27.2. The summed E-state index contributed by atoms with van der Waals surface area (Å²) in [5.41, 5.74) is 6.30. The maximum atomic E-state index is 13.6. The van der Waals surface area contributed by atoms with Crippen LogP contribution >= 0.6 is 23.1 Å². The van der Waals surface area contributed by atoms with E-state index >= 15 is 0 Å². The molecule has 2 aromatic rings. The summed E-state index contributed by atoms with van der Waals surface area (Å²) in [4.78, 5) is 70.6. The van der Waals surface area contributed by atoms with E-state index in [1.165, 1.54) is 34.9 Å². The van der Waals surface area contributed by atoms with E-state index in [0.717, 1.165) is 46.1 Å². The van der Waals surface area contributed by atoms with Crippen LogP contribution in [0, 0.1) is 0 Å². The lowest BCUT2D eigenvalue weighted by Gasteiger charge is -2.33. The van der Waals surface area contributed by atoms with E-state index in [1.807, 2.05) is 0 Å². The van der Waals surface area contributed by atoms with Gasteiger partial charge in [0.15, 0.2) is 11.2 Å². The van der Waals surface area contributed by atoms with Gasteiger partial charge in [0.2, 0.25) is 5.91 Å². The normalized spacial score (nSPS) is 19.8. The molecule has 0 saturated carbocycles. The molecule has 2 fully saturated rings. The molecule has 0 spiro atoms. The fourth-order valence-electron chi connectivity index (χ4n) is 5.93. The van der Waals surface area contributed by atoms with Gasteiger partial charge >= 0.3 is 30.9 Å². The third-order valence-corrected chi connectivity index (χ3v) is 10.3. The first kappa shape index (κ1) is 33.5. The first-order chi connectivity index (χ1) is 21.9. The summed E-state index contributed by atoms with van der Waals surface area (Å²) < 4.78 is 6.67. The smallest absolute Gasteiger partial charge is 0.534 e. The number of aromatic nitrogens is 1. The number of rotatable bonds is 10. The monoisotopic (exact) mass is 674 g/mol. The Morgan fingerprint density at radius 1 is 1.24 bits per heavy atom. The third-order valence-electron chi connectivity index (χ3n) is 8.60. The number of anilines is 1.